The number of methoxy groups -OCH3 is 1. The zero-order valence-electron chi connectivity index (χ0n) is 15.2. The van der Waals surface area contributed by atoms with Gasteiger partial charge in [0.15, 0.2) is 11.5 Å². The molecule has 6 nitrogen and oxygen atoms in total. The minimum Gasteiger partial charge on any atom is -0.507 e. The van der Waals surface area contributed by atoms with Gasteiger partial charge in [-0.25, -0.2) is 0 Å². The number of carbonyl (C=O) groups excluding carboxylic acids is 1. The van der Waals surface area contributed by atoms with Crippen LogP contribution in [-0.2, 0) is 11.3 Å². The number of morpholine rings is 1. The van der Waals surface area contributed by atoms with Crippen LogP contribution in [0.3, 0.4) is 0 Å². The van der Waals surface area contributed by atoms with Crippen molar-refractivity contribution in [1.82, 2.24) is 0 Å². The molecule has 0 aliphatic carbocycles. The van der Waals surface area contributed by atoms with Crippen molar-refractivity contribution in [2.24, 2.45) is 0 Å². The number of quaternary nitrogens is 1. The van der Waals surface area contributed by atoms with Gasteiger partial charge < -0.3 is 24.2 Å². The number of hydrogen-bond acceptors (Lipinski definition) is 5. The Balaban J connectivity index is 1.62. The highest BCUT2D eigenvalue weighted by Crippen LogP contribution is 2.39. The average molecular weight is 368 g/mol. The Morgan fingerprint density at radius 2 is 1.89 bits per heavy atom. The molecule has 27 heavy (non-hydrogen) atoms. The largest absolute Gasteiger partial charge is 0.507 e. The zero-order valence-corrected chi connectivity index (χ0v) is 15.2. The van der Waals surface area contributed by atoms with Crippen molar-refractivity contribution in [3.8, 4) is 17.2 Å². The Hall–Kier alpha value is -2.83. The minimum atomic E-state index is -0.168. The molecule has 2 aliphatic heterocycles. The quantitative estimate of drug-likeness (QED) is 0.799. The molecule has 2 heterocycles. The van der Waals surface area contributed by atoms with E-state index in [2.05, 4.69) is 0 Å². The fourth-order valence-corrected chi connectivity index (χ4v) is 3.41. The molecule has 4 rings (SSSR count). The number of ketones is 1. The molecule has 0 atom stereocenters. The lowest BCUT2D eigenvalue weighted by atomic mass is 10.0. The van der Waals surface area contributed by atoms with Crippen molar-refractivity contribution in [2.75, 3.05) is 33.4 Å². The van der Waals surface area contributed by atoms with E-state index in [1.54, 1.807) is 25.3 Å². The second kappa shape index (κ2) is 7.42. The fourth-order valence-electron chi connectivity index (χ4n) is 3.41. The summed E-state index contributed by atoms with van der Waals surface area (Å²) in [4.78, 5) is 14.1. The topological polar surface area (TPSA) is 69.4 Å². The third-order valence-corrected chi connectivity index (χ3v) is 4.96. The van der Waals surface area contributed by atoms with Gasteiger partial charge in [-0.15, -0.1) is 0 Å². The van der Waals surface area contributed by atoms with Gasteiger partial charge in [-0.05, 0) is 35.9 Å². The molecular weight excluding hydrogens is 346 g/mol. The van der Waals surface area contributed by atoms with E-state index in [1.807, 2.05) is 24.3 Å². The van der Waals surface area contributed by atoms with Gasteiger partial charge in [0, 0.05) is 0 Å². The van der Waals surface area contributed by atoms with Crippen LogP contribution < -0.4 is 14.4 Å². The van der Waals surface area contributed by atoms with Crippen molar-refractivity contribution in [2.45, 2.75) is 6.54 Å². The predicted molar refractivity (Wildman–Crippen MR) is 99.3 cm³/mol. The highest BCUT2D eigenvalue weighted by atomic mass is 16.5. The number of ether oxygens (including phenoxy) is 3. The lowest BCUT2D eigenvalue weighted by Crippen LogP contribution is -3.12. The molecule has 0 radical (unpaired) electrons. The lowest BCUT2D eigenvalue weighted by Gasteiger charge is -2.24. The van der Waals surface area contributed by atoms with Crippen LogP contribution in [0.2, 0.25) is 0 Å². The third kappa shape index (κ3) is 3.54. The molecule has 0 bridgehead atoms. The Morgan fingerprint density at radius 1 is 1.15 bits per heavy atom. The van der Waals surface area contributed by atoms with E-state index in [0.717, 1.165) is 24.4 Å². The molecule has 140 valence electrons. The maximum atomic E-state index is 12.8. The van der Waals surface area contributed by atoms with Crippen molar-refractivity contribution in [3.63, 3.8) is 0 Å². The first-order valence-electron chi connectivity index (χ1n) is 9.00. The van der Waals surface area contributed by atoms with Crippen LogP contribution in [0.15, 0.2) is 42.2 Å². The highest BCUT2D eigenvalue weighted by Gasteiger charge is 2.32. The van der Waals surface area contributed by atoms with E-state index in [9.17, 15) is 9.90 Å². The van der Waals surface area contributed by atoms with Gasteiger partial charge in [0.2, 0.25) is 5.78 Å². The van der Waals surface area contributed by atoms with Crippen molar-refractivity contribution in [1.29, 1.82) is 0 Å². The number of nitrogens with one attached hydrogen (secondary N) is 1. The summed E-state index contributed by atoms with van der Waals surface area (Å²) < 4.78 is 16.5. The fraction of sp³-hybridized carbons (Fsp3) is 0.286. The van der Waals surface area contributed by atoms with Crippen LogP contribution >= 0.6 is 0 Å². The molecule has 0 unspecified atom stereocenters. The van der Waals surface area contributed by atoms with Gasteiger partial charge >= 0.3 is 0 Å². The van der Waals surface area contributed by atoms with Gasteiger partial charge in [-0.2, -0.15) is 0 Å². The lowest BCUT2D eigenvalue weighted by molar-refractivity contribution is -0.921. The van der Waals surface area contributed by atoms with E-state index in [1.165, 1.54) is 4.90 Å². The molecule has 2 N–H and O–H groups in total. The van der Waals surface area contributed by atoms with Gasteiger partial charge in [0.1, 0.15) is 31.1 Å². The predicted octanol–water partition coefficient (Wildman–Crippen LogP) is 1.43. The van der Waals surface area contributed by atoms with E-state index < -0.39 is 0 Å². The molecule has 1 saturated heterocycles. The molecule has 0 amide bonds. The van der Waals surface area contributed by atoms with Crippen LogP contribution in [-0.4, -0.2) is 44.3 Å². The summed E-state index contributed by atoms with van der Waals surface area (Å²) in [5, 5.41) is 10.4. The summed E-state index contributed by atoms with van der Waals surface area (Å²) in [6.45, 7) is 3.74. The smallest absolute Gasteiger partial charge is 0.231 e. The number of benzene rings is 2. The van der Waals surface area contributed by atoms with Crippen LogP contribution in [0.1, 0.15) is 21.5 Å². The monoisotopic (exact) mass is 368 g/mol. The number of carbonyl (C=O) groups is 1. The van der Waals surface area contributed by atoms with Crippen LogP contribution in [0.25, 0.3) is 6.08 Å². The first kappa shape index (κ1) is 17.6. The minimum absolute atomic E-state index is 0.159. The van der Waals surface area contributed by atoms with Crippen LogP contribution in [0.5, 0.6) is 17.2 Å². The van der Waals surface area contributed by atoms with Crippen molar-refractivity contribution < 1.29 is 29.0 Å². The first-order valence-corrected chi connectivity index (χ1v) is 9.00. The maximum absolute atomic E-state index is 12.8. The Bertz CT molecular complexity index is 882. The van der Waals surface area contributed by atoms with Crippen LogP contribution in [0, 0.1) is 0 Å². The second-order valence-corrected chi connectivity index (χ2v) is 6.69. The molecule has 0 spiro atoms. The highest BCUT2D eigenvalue weighted by molar-refractivity contribution is 6.14. The summed E-state index contributed by atoms with van der Waals surface area (Å²) in [5.74, 6) is 1.47. The number of allylic oxidation sites excluding steroid dienone is 1. The van der Waals surface area contributed by atoms with Gasteiger partial charge in [0.05, 0.1) is 31.5 Å². The Morgan fingerprint density at radius 3 is 2.59 bits per heavy atom. The van der Waals surface area contributed by atoms with Gasteiger partial charge in [-0.1, -0.05) is 12.1 Å². The Labute approximate surface area is 157 Å². The van der Waals surface area contributed by atoms with Crippen molar-refractivity contribution >= 4 is 11.9 Å². The number of aromatic hydroxyl groups is 1. The molecule has 2 aromatic carbocycles. The standard InChI is InChI=1S/C21H21NO5/c1-25-15-4-2-14(3-5-15)12-19-20(24)16-6-7-18(23)17(21(16)27-19)13-22-8-10-26-11-9-22/h2-7,12,23H,8-11,13H2,1H3/p+1/b19-12-. The number of Topliss-reactive ketones (excluding diaryl/α,β-unsaturated/α-hetero) is 1. The number of phenolic OH excluding ortho intramolecular Hbond substituents is 1. The Kier molecular flexibility index (Phi) is 4.83. The number of fused-ring (bicyclic) bond motifs is 1. The molecule has 2 aliphatic rings. The summed E-state index contributed by atoms with van der Waals surface area (Å²) in [7, 11) is 1.61. The summed E-state index contributed by atoms with van der Waals surface area (Å²) in [6.07, 6.45) is 1.71. The van der Waals surface area contributed by atoms with E-state index >= 15 is 0 Å². The summed E-state index contributed by atoms with van der Waals surface area (Å²) >= 11 is 0. The molecule has 0 saturated carbocycles. The molecule has 2 aromatic rings. The van der Waals surface area contributed by atoms with E-state index in [0.29, 0.717) is 36.6 Å². The third-order valence-electron chi connectivity index (χ3n) is 4.96. The SMILES string of the molecule is COc1ccc(/C=C2\Oc3c(ccc(O)c3C[NH+]3CCOCC3)C2=O)cc1. The van der Waals surface area contributed by atoms with Gasteiger partial charge in [-0.3, -0.25) is 4.79 Å². The normalized spacial score (nSPS) is 18.4. The summed E-state index contributed by atoms with van der Waals surface area (Å²) in [6, 6.07) is 10.6. The number of hydrogen-bond donors (Lipinski definition) is 2. The number of phenols is 1. The zero-order chi connectivity index (χ0) is 18.8. The van der Waals surface area contributed by atoms with Gasteiger partial charge in [0.25, 0.3) is 0 Å². The average Bonchev–Trinajstić information content (AvgIpc) is 3.01. The van der Waals surface area contributed by atoms with E-state index in [-0.39, 0.29) is 17.3 Å². The van der Waals surface area contributed by atoms with Crippen LogP contribution in [0.4, 0.5) is 0 Å². The first-order chi connectivity index (χ1) is 13.2. The maximum Gasteiger partial charge on any atom is 0.231 e. The molecule has 0 aromatic heterocycles. The van der Waals surface area contributed by atoms with E-state index in [4.69, 9.17) is 14.2 Å². The second-order valence-electron chi connectivity index (χ2n) is 6.69. The summed E-state index contributed by atoms with van der Waals surface area (Å²) in [5.41, 5.74) is 2.02. The molecule has 6 heteroatoms. The van der Waals surface area contributed by atoms with Crippen molar-refractivity contribution in [3.05, 3.63) is 58.8 Å². The number of rotatable bonds is 4. The molecule has 1 fully saturated rings. The molecular formula is C21H22NO5+.